The lowest BCUT2D eigenvalue weighted by molar-refractivity contribution is -0.139. The number of methoxy groups -OCH3 is 1. The zero-order valence-electron chi connectivity index (χ0n) is 12.3. The molecule has 0 aliphatic carbocycles. The first kappa shape index (κ1) is 15.8. The van der Waals surface area contributed by atoms with Crippen molar-refractivity contribution in [3.05, 3.63) is 36.4 Å². The normalized spacial score (nSPS) is 11.9. The monoisotopic (exact) mass is 303 g/mol. The third-order valence-corrected chi connectivity index (χ3v) is 3.22. The number of rotatable bonds is 6. The van der Waals surface area contributed by atoms with E-state index in [-0.39, 0.29) is 5.91 Å². The number of anilines is 1. The number of carbonyl (C=O) groups excluding carboxylic acids is 1. The molecule has 2 N–H and O–H groups in total. The summed E-state index contributed by atoms with van der Waals surface area (Å²) in [5, 5.41) is 13.0. The fraction of sp³-hybridized carbons (Fsp3) is 0.250. The van der Waals surface area contributed by atoms with E-state index in [4.69, 9.17) is 14.6 Å². The zero-order chi connectivity index (χ0) is 16.1. The van der Waals surface area contributed by atoms with Crippen molar-refractivity contribution in [1.82, 2.24) is 0 Å². The number of nitrogens with one attached hydrogen (secondary N) is 1. The molecule has 2 aromatic carbocycles. The van der Waals surface area contributed by atoms with Crippen molar-refractivity contribution in [2.24, 2.45) is 0 Å². The van der Waals surface area contributed by atoms with E-state index in [9.17, 15) is 9.59 Å². The van der Waals surface area contributed by atoms with Gasteiger partial charge in [0.1, 0.15) is 11.9 Å². The summed E-state index contributed by atoms with van der Waals surface area (Å²) in [6.45, 7) is 1.23. The smallest absolute Gasteiger partial charge is 0.341 e. The highest BCUT2D eigenvalue weighted by Gasteiger charge is 2.14. The minimum Gasteiger partial charge on any atom is -0.481 e. The number of amides is 1. The minimum absolute atomic E-state index is 0.258. The van der Waals surface area contributed by atoms with E-state index in [1.54, 1.807) is 19.1 Å². The van der Waals surface area contributed by atoms with E-state index in [1.807, 2.05) is 24.3 Å². The lowest BCUT2D eigenvalue weighted by Gasteiger charge is -2.14. The molecule has 0 fully saturated rings. The van der Waals surface area contributed by atoms with Gasteiger partial charge < -0.3 is 19.9 Å². The SMILES string of the molecule is CO[C@@H](C)C(=O)Nc1ccc(OCC(=O)O)c2ccccc12. The molecule has 0 aliphatic heterocycles. The predicted molar refractivity (Wildman–Crippen MR) is 82.2 cm³/mol. The van der Waals surface area contributed by atoms with Crippen LogP contribution in [0.4, 0.5) is 5.69 Å². The number of fused-ring (bicyclic) bond motifs is 1. The molecule has 1 atom stereocenters. The Kier molecular flexibility index (Phi) is 4.95. The van der Waals surface area contributed by atoms with Crippen molar-refractivity contribution >= 4 is 28.3 Å². The molecular formula is C16H17NO5. The second-order valence-corrected chi connectivity index (χ2v) is 4.71. The standard InChI is InChI=1S/C16H17NO5/c1-10(21-2)16(20)17-13-7-8-14(22-9-15(18)19)12-6-4-3-5-11(12)13/h3-8,10H,9H2,1-2H3,(H,17,20)(H,18,19)/t10-/m0/s1. The average molecular weight is 303 g/mol. The number of carboxylic acids is 1. The van der Waals surface area contributed by atoms with E-state index in [2.05, 4.69) is 5.32 Å². The van der Waals surface area contributed by atoms with Gasteiger partial charge in [0.05, 0.1) is 0 Å². The van der Waals surface area contributed by atoms with Gasteiger partial charge in [-0.1, -0.05) is 24.3 Å². The van der Waals surface area contributed by atoms with Gasteiger partial charge in [-0.15, -0.1) is 0 Å². The highest BCUT2D eigenvalue weighted by molar-refractivity contribution is 6.05. The molecule has 116 valence electrons. The molecule has 0 aliphatic rings. The number of carboxylic acid groups (broad SMARTS) is 1. The Morgan fingerprint density at radius 1 is 1.18 bits per heavy atom. The number of benzene rings is 2. The average Bonchev–Trinajstić information content (AvgIpc) is 2.53. The summed E-state index contributed by atoms with van der Waals surface area (Å²) in [4.78, 5) is 22.6. The van der Waals surface area contributed by atoms with Gasteiger partial charge in [-0.3, -0.25) is 4.79 Å². The number of hydrogen-bond donors (Lipinski definition) is 2. The van der Waals surface area contributed by atoms with Crippen molar-refractivity contribution in [1.29, 1.82) is 0 Å². The summed E-state index contributed by atoms with van der Waals surface area (Å²) in [6.07, 6.45) is -0.568. The van der Waals surface area contributed by atoms with E-state index >= 15 is 0 Å². The summed E-state index contributed by atoms with van der Waals surface area (Å²) in [5.74, 6) is -0.849. The van der Waals surface area contributed by atoms with Crippen LogP contribution in [0.1, 0.15) is 6.92 Å². The molecule has 1 amide bonds. The van der Waals surface area contributed by atoms with Crippen LogP contribution in [-0.4, -0.2) is 36.8 Å². The molecule has 0 bridgehead atoms. The van der Waals surface area contributed by atoms with Gasteiger partial charge in [-0.2, -0.15) is 0 Å². The van der Waals surface area contributed by atoms with Gasteiger partial charge in [0, 0.05) is 23.6 Å². The molecule has 0 saturated heterocycles. The molecule has 22 heavy (non-hydrogen) atoms. The van der Waals surface area contributed by atoms with Crippen LogP contribution in [0.2, 0.25) is 0 Å². The molecule has 6 nitrogen and oxygen atoms in total. The maximum Gasteiger partial charge on any atom is 0.341 e. The fourth-order valence-electron chi connectivity index (χ4n) is 1.99. The Morgan fingerprint density at radius 3 is 2.50 bits per heavy atom. The van der Waals surface area contributed by atoms with Crippen LogP contribution in [0.25, 0.3) is 10.8 Å². The molecule has 0 spiro atoms. The number of carbonyl (C=O) groups is 2. The van der Waals surface area contributed by atoms with Crippen LogP contribution < -0.4 is 10.1 Å². The minimum atomic E-state index is -1.05. The van der Waals surface area contributed by atoms with Crippen LogP contribution in [0, 0.1) is 0 Å². The zero-order valence-corrected chi connectivity index (χ0v) is 12.3. The van der Waals surface area contributed by atoms with Crippen molar-refractivity contribution in [2.45, 2.75) is 13.0 Å². The number of hydrogen-bond acceptors (Lipinski definition) is 4. The van der Waals surface area contributed by atoms with E-state index < -0.39 is 18.7 Å². The largest absolute Gasteiger partial charge is 0.481 e. The molecule has 0 unspecified atom stereocenters. The lowest BCUT2D eigenvalue weighted by Crippen LogP contribution is -2.26. The van der Waals surface area contributed by atoms with Crippen molar-refractivity contribution < 1.29 is 24.2 Å². The summed E-state index contributed by atoms with van der Waals surface area (Å²) in [6, 6.07) is 10.6. The van der Waals surface area contributed by atoms with Gasteiger partial charge in [0.15, 0.2) is 6.61 Å². The molecule has 0 saturated carbocycles. The molecule has 2 aromatic rings. The van der Waals surface area contributed by atoms with Crippen LogP contribution in [0.15, 0.2) is 36.4 Å². The molecule has 0 heterocycles. The Labute approximate surface area is 127 Å². The molecule has 0 aromatic heterocycles. The van der Waals surface area contributed by atoms with Gasteiger partial charge in [0.25, 0.3) is 5.91 Å². The van der Waals surface area contributed by atoms with E-state index in [0.29, 0.717) is 11.4 Å². The topological polar surface area (TPSA) is 84.9 Å². The third kappa shape index (κ3) is 3.53. The quantitative estimate of drug-likeness (QED) is 0.855. The number of ether oxygens (including phenoxy) is 2. The van der Waals surface area contributed by atoms with Crippen LogP contribution in [0.5, 0.6) is 5.75 Å². The predicted octanol–water partition coefficient (Wildman–Crippen LogP) is 2.28. The summed E-state index contributed by atoms with van der Waals surface area (Å²) in [7, 11) is 1.46. The Bertz CT molecular complexity index is 698. The second-order valence-electron chi connectivity index (χ2n) is 4.71. The van der Waals surface area contributed by atoms with Crippen LogP contribution >= 0.6 is 0 Å². The maximum absolute atomic E-state index is 11.9. The van der Waals surface area contributed by atoms with E-state index in [0.717, 1.165) is 10.8 Å². The van der Waals surface area contributed by atoms with Crippen molar-refractivity contribution in [3.8, 4) is 5.75 Å². The maximum atomic E-state index is 11.9. The third-order valence-electron chi connectivity index (χ3n) is 3.22. The summed E-state index contributed by atoms with van der Waals surface area (Å²) < 4.78 is 10.3. The summed E-state index contributed by atoms with van der Waals surface area (Å²) >= 11 is 0. The first-order valence-corrected chi connectivity index (χ1v) is 6.73. The van der Waals surface area contributed by atoms with Crippen LogP contribution in [-0.2, 0) is 14.3 Å². The van der Waals surface area contributed by atoms with Gasteiger partial charge in [0.2, 0.25) is 0 Å². The highest BCUT2D eigenvalue weighted by Crippen LogP contribution is 2.31. The molecular weight excluding hydrogens is 286 g/mol. The number of aliphatic carboxylic acids is 1. The van der Waals surface area contributed by atoms with Crippen molar-refractivity contribution in [2.75, 3.05) is 19.0 Å². The van der Waals surface area contributed by atoms with Gasteiger partial charge in [-0.25, -0.2) is 4.79 Å². The molecule has 2 rings (SSSR count). The second kappa shape index (κ2) is 6.91. The van der Waals surface area contributed by atoms with Gasteiger partial charge in [-0.05, 0) is 19.1 Å². The Hall–Kier alpha value is -2.60. The summed E-state index contributed by atoms with van der Waals surface area (Å²) in [5.41, 5.74) is 0.618. The van der Waals surface area contributed by atoms with E-state index in [1.165, 1.54) is 7.11 Å². The molecule has 0 radical (unpaired) electrons. The lowest BCUT2D eigenvalue weighted by atomic mass is 10.1. The molecule has 6 heteroatoms. The van der Waals surface area contributed by atoms with Crippen molar-refractivity contribution in [3.63, 3.8) is 0 Å². The Balaban J connectivity index is 2.35. The first-order chi connectivity index (χ1) is 10.5. The van der Waals surface area contributed by atoms with Crippen LogP contribution in [0.3, 0.4) is 0 Å². The fourth-order valence-corrected chi connectivity index (χ4v) is 1.99. The highest BCUT2D eigenvalue weighted by atomic mass is 16.5. The Morgan fingerprint density at radius 2 is 1.86 bits per heavy atom. The first-order valence-electron chi connectivity index (χ1n) is 6.73. The van der Waals surface area contributed by atoms with Gasteiger partial charge >= 0.3 is 5.97 Å².